The van der Waals surface area contributed by atoms with Crippen LogP contribution in [0.3, 0.4) is 0 Å². The lowest BCUT2D eigenvalue weighted by atomic mass is 9.81. The molecule has 31 heavy (non-hydrogen) atoms. The summed E-state index contributed by atoms with van der Waals surface area (Å²) >= 11 is 11.4. The molecule has 0 aromatic carbocycles. The lowest BCUT2D eigenvalue weighted by Crippen LogP contribution is -2.35. The second-order valence-electron chi connectivity index (χ2n) is 7.15. The summed E-state index contributed by atoms with van der Waals surface area (Å²) < 4.78 is 4.64. The van der Waals surface area contributed by atoms with Crippen LogP contribution in [-0.4, -0.2) is 39.9 Å². The van der Waals surface area contributed by atoms with Crippen molar-refractivity contribution in [3.8, 4) is 0 Å². The first-order chi connectivity index (χ1) is 14.8. The molecule has 2 aliphatic carbocycles. The van der Waals surface area contributed by atoms with Crippen molar-refractivity contribution < 1.29 is 23.9 Å². The topological polar surface area (TPSA) is 103 Å². The van der Waals surface area contributed by atoms with Crippen LogP contribution < -0.4 is 0 Å². The highest BCUT2D eigenvalue weighted by Gasteiger charge is 2.37. The zero-order valence-electron chi connectivity index (χ0n) is 16.8. The summed E-state index contributed by atoms with van der Waals surface area (Å²) in [6.07, 6.45) is 6.58. The van der Waals surface area contributed by atoms with Crippen molar-refractivity contribution in [3.05, 3.63) is 57.1 Å². The number of aromatic nitrogens is 2. The van der Waals surface area contributed by atoms with Crippen LogP contribution in [0, 0.1) is 5.92 Å². The van der Waals surface area contributed by atoms with Crippen LogP contribution in [0.25, 0.3) is 0 Å². The van der Waals surface area contributed by atoms with Gasteiger partial charge in [0.1, 0.15) is 10.3 Å². The molecular formula is C22H20Cl2N2O5. The van der Waals surface area contributed by atoms with Gasteiger partial charge in [-0.25, -0.2) is 14.8 Å². The van der Waals surface area contributed by atoms with Gasteiger partial charge in [0, 0.05) is 29.9 Å². The zero-order valence-corrected chi connectivity index (χ0v) is 18.3. The fourth-order valence-corrected chi connectivity index (χ4v) is 3.91. The lowest BCUT2D eigenvalue weighted by Gasteiger charge is -2.21. The van der Waals surface area contributed by atoms with Crippen molar-refractivity contribution in [2.24, 2.45) is 5.92 Å². The largest absolute Gasteiger partial charge is 0.460 e. The van der Waals surface area contributed by atoms with Crippen LogP contribution in [0.15, 0.2) is 24.5 Å². The molecule has 7 nitrogen and oxygen atoms in total. The van der Waals surface area contributed by atoms with E-state index < -0.39 is 17.7 Å². The van der Waals surface area contributed by atoms with Gasteiger partial charge in [-0.1, -0.05) is 23.2 Å². The van der Waals surface area contributed by atoms with Crippen LogP contribution >= 0.6 is 23.2 Å². The van der Waals surface area contributed by atoms with Crippen molar-refractivity contribution in [2.75, 3.05) is 6.61 Å². The van der Waals surface area contributed by atoms with E-state index in [2.05, 4.69) is 14.7 Å². The maximum Gasteiger partial charge on any atom is 0.375 e. The van der Waals surface area contributed by atoms with Gasteiger partial charge in [-0.15, -0.1) is 0 Å². The Kier molecular flexibility index (Phi) is 7.51. The third kappa shape index (κ3) is 5.35. The van der Waals surface area contributed by atoms with Gasteiger partial charge >= 0.3 is 5.97 Å². The van der Waals surface area contributed by atoms with Gasteiger partial charge in [0.2, 0.25) is 0 Å². The number of carbonyl (C=O) groups is 4. The SMILES string of the molecule is CCOC(=O)C(=O)C1CCc2cnc(Cl)cc2C1=O.O=C1CCCc2cnc(Cl)cc21. The summed E-state index contributed by atoms with van der Waals surface area (Å²) in [5.41, 5.74) is 2.92. The van der Waals surface area contributed by atoms with E-state index in [-0.39, 0.29) is 23.3 Å². The van der Waals surface area contributed by atoms with E-state index in [1.165, 1.54) is 12.3 Å². The van der Waals surface area contributed by atoms with Crippen LogP contribution in [-0.2, 0) is 27.2 Å². The Hall–Kier alpha value is -2.64. The molecule has 1 atom stereocenters. The van der Waals surface area contributed by atoms with E-state index in [9.17, 15) is 19.2 Å². The third-order valence-corrected chi connectivity index (χ3v) is 5.55. The molecule has 4 rings (SSSR count). The highest BCUT2D eigenvalue weighted by atomic mass is 35.5. The fourth-order valence-electron chi connectivity index (χ4n) is 3.59. The standard InChI is InChI=1S/C13H12ClNO4.C9H8ClNO/c1-2-19-13(18)12(17)8-4-3-7-6-15-10(14)5-9(7)11(8)16;10-9-4-7-6(5-11-9)2-1-3-8(7)12/h5-6,8H,2-4H2,1H3;4-5H,1-3H2. The molecule has 1 unspecified atom stereocenters. The molecule has 2 heterocycles. The Morgan fingerprint density at radius 1 is 1.00 bits per heavy atom. The van der Waals surface area contributed by atoms with E-state index in [1.807, 2.05) is 0 Å². The van der Waals surface area contributed by atoms with Gasteiger partial charge in [-0.3, -0.25) is 14.4 Å². The highest BCUT2D eigenvalue weighted by molar-refractivity contribution is 6.40. The van der Waals surface area contributed by atoms with Crippen molar-refractivity contribution in [3.63, 3.8) is 0 Å². The fraction of sp³-hybridized carbons (Fsp3) is 0.364. The van der Waals surface area contributed by atoms with E-state index >= 15 is 0 Å². The Morgan fingerprint density at radius 2 is 1.61 bits per heavy atom. The van der Waals surface area contributed by atoms with Gasteiger partial charge in [0.05, 0.1) is 12.5 Å². The number of ether oxygens (including phenoxy) is 1. The molecule has 2 aliphatic rings. The van der Waals surface area contributed by atoms with Crippen LogP contribution in [0.2, 0.25) is 10.3 Å². The van der Waals surface area contributed by atoms with Crippen molar-refractivity contribution in [1.82, 2.24) is 9.97 Å². The molecule has 9 heteroatoms. The number of pyridine rings is 2. The summed E-state index contributed by atoms with van der Waals surface area (Å²) in [7, 11) is 0. The molecule has 0 radical (unpaired) electrons. The van der Waals surface area contributed by atoms with E-state index in [0.717, 1.165) is 29.5 Å². The average Bonchev–Trinajstić information content (AvgIpc) is 2.75. The predicted molar refractivity (Wildman–Crippen MR) is 114 cm³/mol. The second kappa shape index (κ2) is 10.1. The number of hydrogen-bond acceptors (Lipinski definition) is 7. The number of halogens is 2. The molecule has 0 aliphatic heterocycles. The molecular weight excluding hydrogens is 443 g/mol. The van der Waals surface area contributed by atoms with Gasteiger partial charge in [-0.2, -0.15) is 0 Å². The van der Waals surface area contributed by atoms with Gasteiger partial charge in [0.15, 0.2) is 11.6 Å². The number of fused-ring (bicyclic) bond motifs is 2. The lowest BCUT2D eigenvalue weighted by molar-refractivity contribution is -0.154. The molecule has 162 valence electrons. The van der Waals surface area contributed by atoms with Crippen LogP contribution in [0.4, 0.5) is 0 Å². The Morgan fingerprint density at radius 3 is 2.26 bits per heavy atom. The number of hydrogen-bond donors (Lipinski definition) is 0. The third-order valence-electron chi connectivity index (χ3n) is 5.13. The van der Waals surface area contributed by atoms with E-state index in [0.29, 0.717) is 30.0 Å². The molecule has 2 aromatic rings. The number of carbonyl (C=O) groups excluding carboxylic acids is 4. The summed E-state index contributed by atoms with van der Waals surface area (Å²) in [6, 6.07) is 3.10. The number of nitrogens with zero attached hydrogens (tertiary/aromatic N) is 2. The van der Waals surface area contributed by atoms with Crippen molar-refractivity contribution in [2.45, 2.75) is 39.0 Å². The first kappa shape index (κ1) is 23.0. The molecule has 0 fully saturated rings. The van der Waals surface area contributed by atoms with E-state index in [1.54, 1.807) is 19.2 Å². The quantitative estimate of drug-likeness (QED) is 0.295. The maximum absolute atomic E-state index is 12.2. The van der Waals surface area contributed by atoms with Gasteiger partial charge in [0.25, 0.3) is 5.78 Å². The molecule has 0 N–H and O–H groups in total. The Labute approximate surface area is 189 Å². The van der Waals surface area contributed by atoms with Crippen LogP contribution in [0.1, 0.15) is 58.0 Å². The maximum atomic E-state index is 12.2. The van der Waals surface area contributed by atoms with E-state index in [4.69, 9.17) is 23.2 Å². The first-order valence-corrected chi connectivity index (χ1v) is 10.6. The average molecular weight is 463 g/mol. The smallest absolute Gasteiger partial charge is 0.375 e. The van der Waals surface area contributed by atoms with Gasteiger partial charge < -0.3 is 4.74 Å². The minimum atomic E-state index is -0.968. The summed E-state index contributed by atoms with van der Waals surface area (Å²) in [5.74, 6) is -2.90. The van der Waals surface area contributed by atoms with Crippen molar-refractivity contribution >= 4 is 46.5 Å². The first-order valence-electron chi connectivity index (χ1n) is 9.89. The number of aryl methyl sites for hydroxylation is 2. The van der Waals surface area contributed by atoms with Crippen molar-refractivity contribution in [1.29, 1.82) is 0 Å². The molecule has 0 amide bonds. The number of Topliss-reactive ketones (excluding diaryl/α,β-unsaturated/α-hetero) is 3. The van der Waals surface area contributed by atoms with Gasteiger partial charge in [-0.05, 0) is 55.9 Å². The summed E-state index contributed by atoms with van der Waals surface area (Å²) in [6.45, 7) is 1.71. The zero-order chi connectivity index (χ0) is 22.5. The molecule has 0 spiro atoms. The summed E-state index contributed by atoms with van der Waals surface area (Å²) in [4.78, 5) is 54.6. The second-order valence-corrected chi connectivity index (χ2v) is 7.92. The molecule has 2 aromatic heterocycles. The summed E-state index contributed by atoms with van der Waals surface area (Å²) in [5, 5.41) is 0.598. The number of ketones is 3. The molecule has 0 saturated carbocycles. The molecule has 0 bridgehead atoms. The normalized spacial score (nSPS) is 17.1. The minimum absolute atomic E-state index is 0.109. The monoisotopic (exact) mass is 462 g/mol. The van der Waals surface area contributed by atoms with Crippen LogP contribution in [0.5, 0.6) is 0 Å². The Balaban J connectivity index is 0.000000194. The number of esters is 1. The predicted octanol–water partition coefficient (Wildman–Crippen LogP) is 3.87. The minimum Gasteiger partial charge on any atom is -0.460 e. The Bertz CT molecular complexity index is 1050. The number of rotatable bonds is 3. The molecule has 0 saturated heterocycles. The highest BCUT2D eigenvalue weighted by Crippen LogP contribution is 2.27.